The minimum atomic E-state index is -0.0135. The van der Waals surface area contributed by atoms with Crippen LogP contribution in [-0.4, -0.2) is 37.1 Å². The molecule has 0 unspecified atom stereocenters. The molecule has 0 aliphatic heterocycles. The third kappa shape index (κ3) is 4.85. The van der Waals surface area contributed by atoms with Crippen molar-refractivity contribution >= 4 is 35.1 Å². The molecule has 1 amide bonds. The first-order valence-corrected chi connectivity index (χ1v) is 11.6. The molecule has 2 saturated carbocycles. The number of rotatable bonds is 7. The number of carbonyl (C=O) groups is 1. The van der Waals surface area contributed by atoms with Gasteiger partial charge in [0.15, 0.2) is 0 Å². The van der Waals surface area contributed by atoms with Crippen LogP contribution in [0.5, 0.6) is 0 Å². The van der Waals surface area contributed by atoms with E-state index in [1.165, 1.54) is 55.2 Å². The number of amides is 1. The number of tetrazole rings is 1. The zero-order valence-corrected chi connectivity index (χ0v) is 17.0. The van der Waals surface area contributed by atoms with Gasteiger partial charge >= 0.3 is 0 Å². The molecule has 1 aromatic heterocycles. The molecule has 1 aromatic carbocycles. The van der Waals surface area contributed by atoms with Crippen LogP contribution in [0.25, 0.3) is 0 Å². The summed E-state index contributed by atoms with van der Waals surface area (Å²) in [5.74, 6) is 0.302. The molecule has 2 aliphatic rings. The topological polar surface area (TPSA) is 72.7 Å². The predicted octanol–water partition coefficient (Wildman–Crippen LogP) is 4.55. The highest BCUT2D eigenvalue weighted by molar-refractivity contribution is 8.00. The van der Waals surface area contributed by atoms with Crippen LogP contribution in [-0.2, 0) is 4.79 Å². The lowest BCUT2D eigenvalue weighted by Crippen LogP contribution is -2.16. The Morgan fingerprint density at radius 3 is 2.67 bits per heavy atom. The molecule has 2 aliphatic carbocycles. The number of thioether (sulfide) groups is 2. The monoisotopic (exact) mass is 403 g/mol. The summed E-state index contributed by atoms with van der Waals surface area (Å²) in [4.78, 5) is 13.7. The number of anilines is 1. The second kappa shape index (κ2) is 9.10. The van der Waals surface area contributed by atoms with Crippen LogP contribution in [0.15, 0.2) is 34.3 Å². The maximum absolute atomic E-state index is 12.5. The second-order valence-corrected chi connectivity index (χ2v) is 9.49. The van der Waals surface area contributed by atoms with Gasteiger partial charge in [0, 0.05) is 10.1 Å². The number of nitrogens with one attached hydrogen (secondary N) is 1. The molecule has 8 heteroatoms. The molecule has 6 nitrogen and oxygen atoms in total. The smallest absolute Gasteiger partial charge is 0.234 e. The summed E-state index contributed by atoms with van der Waals surface area (Å²) in [6, 6.07) is 8.49. The Kier molecular flexibility index (Phi) is 6.34. The third-order valence-corrected chi connectivity index (χ3v) is 7.57. The fourth-order valence-corrected chi connectivity index (χ4v) is 5.91. The maximum atomic E-state index is 12.5. The van der Waals surface area contributed by atoms with E-state index in [1.807, 2.05) is 34.6 Å². The minimum absolute atomic E-state index is 0.0135. The van der Waals surface area contributed by atoms with Crippen LogP contribution in [0, 0.1) is 0 Å². The van der Waals surface area contributed by atoms with Gasteiger partial charge in [-0.1, -0.05) is 49.6 Å². The highest BCUT2D eigenvalue weighted by atomic mass is 32.2. The van der Waals surface area contributed by atoms with Crippen molar-refractivity contribution in [2.24, 2.45) is 0 Å². The van der Waals surface area contributed by atoms with Crippen LogP contribution in [0.2, 0.25) is 0 Å². The van der Waals surface area contributed by atoms with Crippen LogP contribution in [0.4, 0.5) is 5.69 Å². The number of carbonyl (C=O) groups excluding carboxylic acids is 1. The molecule has 0 atom stereocenters. The molecular weight excluding hydrogens is 378 g/mol. The van der Waals surface area contributed by atoms with Gasteiger partial charge in [-0.15, -0.1) is 16.9 Å². The Balaban J connectivity index is 1.34. The lowest BCUT2D eigenvalue weighted by Gasteiger charge is -2.14. The molecule has 0 radical (unpaired) electrons. The van der Waals surface area contributed by atoms with E-state index in [1.54, 1.807) is 0 Å². The number of para-hydroxylation sites is 1. The first-order valence-electron chi connectivity index (χ1n) is 9.76. The first-order chi connectivity index (χ1) is 13.3. The van der Waals surface area contributed by atoms with E-state index in [-0.39, 0.29) is 5.91 Å². The molecule has 2 aromatic rings. The number of benzene rings is 1. The van der Waals surface area contributed by atoms with E-state index in [0.717, 1.165) is 23.7 Å². The van der Waals surface area contributed by atoms with Crippen LogP contribution in [0.3, 0.4) is 0 Å². The highest BCUT2D eigenvalue weighted by Gasteiger charge is 2.22. The van der Waals surface area contributed by atoms with Crippen molar-refractivity contribution in [2.45, 2.75) is 72.7 Å². The summed E-state index contributed by atoms with van der Waals surface area (Å²) in [5.41, 5.74) is 0.912. The van der Waals surface area contributed by atoms with Crippen molar-refractivity contribution in [3.63, 3.8) is 0 Å². The van der Waals surface area contributed by atoms with Gasteiger partial charge in [-0.2, -0.15) is 0 Å². The lowest BCUT2D eigenvalue weighted by molar-refractivity contribution is -0.113. The predicted molar refractivity (Wildman–Crippen MR) is 109 cm³/mol. The summed E-state index contributed by atoms with van der Waals surface area (Å²) >= 11 is 3.31. The summed E-state index contributed by atoms with van der Waals surface area (Å²) in [7, 11) is 0. The van der Waals surface area contributed by atoms with Gasteiger partial charge in [-0.05, 0) is 48.2 Å². The van der Waals surface area contributed by atoms with Crippen molar-refractivity contribution in [3.8, 4) is 0 Å². The van der Waals surface area contributed by atoms with Gasteiger partial charge in [-0.25, -0.2) is 4.68 Å². The average molecular weight is 404 g/mol. The van der Waals surface area contributed by atoms with E-state index >= 15 is 0 Å². The lowest BCUT2D eigenvalue weighted by atomic mass is 10.3. The van der Waals surface area contributed by atoms with Gasteiger partial charge in [0.05, 0.1) is 17.5 Å². The van der Waals surface area contributed by atoms with Crippen molar-refractivity contribution in [1.82, 2.24) is 20.2 Å². The van der Waals surface area contributed by atoms with Gasteiger partial charge in [-0.3, -0.25) is 4.79 Å². The normalized spacial score (nSPS) is 18.2. The van der Waals surface area contributed by atoms with Crippen molar-refractivity contribution in [2.75, 3.05) is 11.1 Å². The number of hydrogen-bond donors (Lipinski definition) is 1. The molecular formula is C19H25N5OS2. The molecule has 4 rings (SSSR count). The third-order valence-electron chi connectivity index (χ3n) is 5.22. The van der Waals surface area contributed by atoms with E-state index in [4.69, 9.17) is 0 Å². The Morgan fingerprint density at radius 2 is 1.85 bits per heavy atom. The second-order valence-electron chi connectivity index (χ2n) is 7.20. The molecule has 0 saturated heterocycles. The quantitative estimate of drug-likeness (QED) is 0.684. The molecule has 144 valence electrons. The van der Waals surface area contributed by atoms with Crippen molar-refractivity contribution in [1.29, 1.82) is 0 Å². The fraction of sp³-hybridized carbons (Fsp3) is 0.579. The van der Waals surface area contributed by atoms with E-state index < -0.39 is 0 Å². The summed E-state index contributed by atoms with van der Waals surface area (Å²) < 4.78 is 1.90. The van der Waals surface area contributed by atoms with E-state index in [0.29, 0.717) is 17.0 Å². The number of nitrogens with zero attached hydrogens (tertiary/aromatic N) is 4. The van der Waals surface area contributed by atoms with Crippen LogP contribution >= 0.6 is 23.5 Å². The number of hydrogen-bond acceptors (Lipinski definition) is 6. The van der Waals surface area contributed by atoms with Gasteiger partial charge in [0.25, 0.3) is 0 Å². The Morgan fingerprint density at radius 1 is 1.11 bits per heavy atom. The fourth-order valence-electron chi connectivity index (χ4n) is 3.83. The average Bonchev–Trinajstić information content (AvgIpc) is 3.43. The molecule has 0 spiro atoms. The van der Waals surface area contributed by atoms with Crippen LogP contribution < -0.4 is 5.32 Å². The van der Waals surface area contributed by atoms with Crippen molar-refractivity contribution < 1.29 is 4.79 Å². The van der Waals surface area contributed by atoms with Crippen molar-refractivity contribution in [3.05, 3.63) is 24.3 Å². The Bertz CT molecular complexity index is 769. The van der Waals surface area contributed by atoms with E-state index in [2.05, 4.69) is 26.9 Å². The molecule has 27 heavy (non-hydrogen) atoms. The zero-order chi connectivity index (χ0) is 18.5. The molecule has 2 fully saturated rings. The maximum Gasteiger partial charge on any atom is 0.234 e. The number of aromatic nitrogens is 4. The van der Waals surface area contributed by atoms with E-state index in [9.17, 15) is 4.79 Å². The van der Waals surface area contributed by atoms with Gasteiger partial charge in [0.2, 0.25) is 11.1 Å². The Hall–Kier alpha value is -1.54. The summed E-state index contributed by atoms with van der Waals surface area (Å²) in [5, 5.41) is 16.5. The van der Waals surface area contributed by atoms with Gasteiger partial charge < -0.3 is 5.32 Å². The largest absolute Gasteiger partial charge is 0.324 e. The highest BCUT2D eigenvalue weighted by Crippen LogP contribution is 2.38. The molecule has 1 N–H and O–H groups in total. The zero-order valence-electron chi connectivity index (χ0n) is 15.3. The first kappa shape index (κ1) is 18.8. The minimum Gasteiger partial charge on any atom is -0.324 e. The molecule has 0 bridgehead atoms. The van der Waals surface area contributed by atoms with Gasteiger partial charge in [0.1, 0.15) is 0 Å². The standard InChI is InChI=1S/C19H25N5OS2/c25-18(13-26-19-21-22-23-24(19)14-7-1-2-8-14)20-16-11-5-6-12-17(16)27-15-9-3-4-10-15/h5-6,11-12,14-15H,1-4,7-10,13H2,(H,20,25). The SMILES string of the molecule is O=C(CSc1nnnn1C1CCCC1)Nc1ccccc1SC1CCCC1. The summed E-state index contributed by atoms with van der Waals surface area (Å²) in [6.45, 7) is 0. The summed E-state index contributed by atoms with van der Waals surface area (Å²) in [6.07, 6.45) is 9.87. The Labute approximate surface area is 168 Å². The van der Waals surface area contributed by atoms with Crippen LogP contribution in [0.1, 0.15) is 57.4 Å². The molecule has 1 heterocycles.